The van der Waals surface area contributed by atoms with Crippen LogP contribution in [0.15, 0.2) is 5.16 Å². The van der Waals surface area contributed by atoms with E-state index in [9.17, 15) is 19.1 Å². The predicted molar refractivity (Wildman–Crippen MR) is 121 cm³/mol. The first-order valence-corrected chi connectivity index (χ1v) is 11.5. The molecular weight excluding hydrogens is 417 g/mol. The molecule has 1 N–H and O–H groups in total. The van der Waals surface area contributed by atoms with Gasteiger partial charge in [0, 0.05) is 30.3 Å². The van der Waals surface area contributed by atoms with Gasteiger partial charge >= 0.3 is 5.97 Å². The minimum absolute atomic E-state index is 0.209. The topological polar surface area (TPSA) is 94.4 Å². The van der Waals surface area contributed by atoms with Gasteiger partial charge < -0.3 is 19.4 Å². The number of nitrogens with zero attached hydrogens (tertiary/aromatic N) is 1. The molecule has 0 aromatic rings. The lowest BCUT2D eigenvalue weighted by Gasteiger charge is -2.42. The lowest BCUT2D eigenvalue weighted by atomic mass is 9.70. The van der Waals surface area contributed by atoms with Crippen molar-refractivity contribution < 1.29 is 33.4 Å². The van der Waals surface area contributed by atoms with E-state index in [2.05, 4.69) is 5.16 Å². The molecule has 0 bridgehead atoms. The number of alkyl halides is 1. The van der Waals surface area contributed by atoms with E-state index < -0.39 is 53.8 Å². The van der Waals surface area contributed by atoms with Gasteiger partial charge in [-0.25, -0.2) is 4.39 Å². The number of hydrogen-bond donors (Lipinski definition) is 1. The second-order valence-corrected chi connectivity index (χ2v) is 10.1. The highest BCUT2D eigenvalue weighted by Gasteiger charge is 2.45. The fourth-order valence-corrected chi connectivity index (χ4v) is 5.01. The number of carbonyl (C=O) groups excluding carboxylic acids is 2. The first-order chi connectivity index (χ1) is 14.8. The summed E-state index contributed by atoms with van der Waals surface area (Å²) >= 11 is 0. The van der Waals surface area contributed by atoms with E-state index in [1.807, 2.05) is 41.5 Å². The van der Waals surface area contributed by atoms with Crippen molar-refractivity contribution in [1.29, 1.82) is 0 Å². The summed E-state index contributed by atoms with van der Waals surface area (Å²) in [6, 6.07) is 0. The summed E-state index contributed by atoms with van der Waals surface area (Å²) in [5.41, 5.74) is -1.06. The van der Waals surface area contributed by atoms with E-state index >= 15 is 0 Å². The summed E-state index contributed by atoms with van der Waals surface area (Å²) in [4.78, 5) is 30.6. The van der Waals surface area contributed by atoms with E-state index in [1.54, 1.807) is 21.0 Å². The number of ether oxygens (including phenoxy) is 2. The molecule has 0 spiro atoms. The largest absolute Gasteiger partial charge is 0.461 e. The molecule has 1 rings (SSSR count). The SMILES string of the molecule is CC[C@H]1OC(=O)C(C)C(=O)[C@H](C)C[C@](C)(OC)C[C@@H](C)/C(=N\OCF)C(C)C(O)C1(C)C. The highest BCUT2D eigenvalue weighted by Crippen LogP contribution is 2.38. The zero-order chi connectivity index (χ0) is 24.9. The second-order valence-electron chi connectivity index (χ2n) is 10.1. The summed E-state index contributed by atoms with van der Waals surface area (Å²) < 4.78 is 24.3. The number of Topliss-reactive ketones (excluding diaryl/α,β-unsaturated/α-hetero) is 1. The van der Waals surface area contributed by atoms with Crippen LogP contribution >= 0.6 is 0 Å². The number of aliphatic hydroxyl groups excluding tert-OH is 1. The number of aliphatic hydroxyl groups is 1. The van der Waals surface area contributed by atoms with Crippen LogP contribution in [-0.2, 0) is 23.9 Å². The van der Waals surface area contributed by atoms with Crippen LogP contribution in [0.5, 0.6) is 0 Å². The van der Waals surface area contributed by atoms with E-state index in [1.165, 1.54) is 0 Å². The molecule has 0 aliphatic carbocycles. The number of rotatable bonds is 4. The monoisotopic (exact) mass is 459 g/mol. The number of hydrogen-bond acceptors (Lipinski definition) is 7. The minimum atomic E-state index is -1.08. The number of methoxy groups -OCH3 is 1. The molecule has 32 heavy (non-hydrogen) atoms. The van der Waals surface area contributed by atoms with Crippen molar-refractivity contribution in [3.05, 3.63) is 0 Å². The molecule has 1 aliphatic heterocycles. The maximum absolute atomic E-state index is 13.0. The Morgan fingerprint density at radius 1 is 1.12 bits per heavy atom. The van der Waals surface area contributed by atoms with E-state index in [-0.39, 0.29) is 11.7 Å². The Hall–Kier alpha value is -1.54. The average molecular weight is 460 g/mol. The van der Waals surface area contributed by atoms with Gasteiger partial charge in [-0.3, -0.25) is 9.59 Å². The molecule has 7 nitrogen and oxygen atoms in total. The number of ketones is 1. The first-order valence-electron chi connectivity index (χ1n) is 11.5. The summed E-state index contributed by atoms with van der Waals surface area (Å²) in [6.07, 6.45) is -0.260. The predicted octanol–water partition coefficient (Wildman–Crippen LogP) is 4.31. The molecule has 1 aliphatic rings. The third-order valence-corrected chi connectivity index (χ3v) is 7.12. The Morgan fingerprint density at radius 3 is 2.19 bits per heavy atom. The van der Waals surface area contributed by atoms with Crippen LogP contribution < -0.4 is 0 Å². The van der Waals surface area contributed by atoms with Crippen molar-refractivity contribution in [2.45, 2.75) is 92.5 Å². The highest BCUT2D eigenvalue weighted by atomic mass is 19.1. The Bertz CT molecular complexity index is 681. The first kappa shape index (κ1) is 28.5. The zero-order valence-electron chi connectivity index (χ0n) is 21.1. The van der Waals surface area contributed by atoms with Crippen molar-refractivity contribution in [3.8, 4) is 0 Å². The average Bonchev–Trinajstić information content (AvgIpc) is 2.74. The summed E-state index contributed by atoms with van der Waals surface area (Å²) in [6.45, 7) is 13.4. The molecule has 8 heteroatoms. The van der Waals surface area contributed by atoms with Gasteiger partial charge in [-0.2, -0.15) is 0 Å². The lowest BCUT2D eigenvalue weighted by Crippen LogP contribution is -2.50. The van der Waals surface area contributed by atoms with Crippen LogP contribution in [0.2, 0.25) is 0 Å². The van der Waals surface area contributed by atoms with E-state index in [4.69, 9.17) is 14.3 Å². The Kier molecular flexibility index (Phi) is 10.3. The number of carbonyl (C=O) groups is 2. The van der Waals surface area contributed by atoms with Gasteiger partial charge in [-0.1, -0.05) is 46.7 Å². The normalized spacial score (nSPS) is 38.8. The van der Waals surface area contributed by atoms with Crippen LogP contribution in [0.3, 0.4) is 0 Å². The minimum Gasteiger partial charge on any atom is -0.461 e. The van der Waals surface area contributed by atoms with Gasteiger partial charge in [0.1, 0.15) is 17.8 Å². The molecule has 1 fully saturated rings. The molecule has 7 atom stereocenters. The van der Waals surface area contributed by atoms with Gasteiger partial charge in [0.2, 0.25) is 0 Å². The van der Waals surface area contributed by atoms with E-state index in [0.29, 0.717) is 25.0 Å². The summed E-state index contributed by atoms with van der Waals surface area (Å²) in [7, 11) is 1.58. The van der Waals surface area contributed by atoms with Gasteiger partial charge in [-0.15, -0.1) is 0 Å². The number of halogens is 1. The van der Waals surface area contributed by atoms with Gasteiger partial charge in [0.25, 0.3) is 6.86 Å². The highest BCUT2D eigenvalue weighted by molar-refractivity contribution is 5.99. The van der Waals surface area contributed by atoms with Crippen molar-refractivity contribution in [1.82, 2.24) is 0 Å². The molecule has 186 valence electrons. The molecule has 0 saturated carbocycles. The zero-order valence-corrected chi connectivity index (χ0v) is 21.1. The van der Waals surface area contributed by atoms with Crippen LogP contribution in [0.1, 0.15) is 74.7 Å². The van der Waals surface area contributed by atoms with Gasteiger partial charge in [0.05, 0.1) is 17.4 Å². The quantitative estimate of drug-likeness (QED) is 0.382. The van der Waals surface area contributed by atoms with Crippen LogP contribution in [-0.4, -0.2) is 54.4 Å². The fraction of sp³-hybridized carbons (Fsp3) is 0.875. The Balaban J connectivity index is 3.55. The summed E-state index contributed by atoms with van der Waals surface area (Å²) in [5, 5.41) is 15.3. The Morgan fingerprint density at radius 2 is 1.69 bits per heavy atom. The molecule has 0 aromatic heterocycles. The molecule has 0 amide bonds. The maximum Gasteiger partial charge on any atom is 0.316 e. The van der Waals surface area contributed by atoms with Crippen LogP contribution in [0, 0.1) is 29.1 Å². The third kappa shape index (κ3) is 6.50. The lowest BCUT2D eigenvalue weighted by molar-refractivity contribution is -0.168. The molecule has 3 unspecified atom stereocenters. The molecule has 1 heterocycles. The van der Waals surface area contributed by atoms with Crippen molar-refractivity contribution in [2.75, 3.05) is 14.0 Å². The van der Waals surface area contributed by atoms with Gasteiger partial charge in [0.15, 0.2) is 0 Å². The second kappa shape index (κ2) is 11.5. The number of oxime groups is 1. The summed E-state index contributed by atoms with van der Waals surface area (Å²) in [5.74, 6) is -2.88. The smallest absolute Gasteiger partial charge is 0.316 e. The Labute approximate surface area is 192 Å². The molecular formula is C24H42FNO6. The van der Waals surface area contributed by atoms with Crippen LogP contribution in [0.4, 0.5) is 4.39 Å². The standard InChI is InChI=1S/C24H42FNO6/c1-10-18-23(6,7)21(28)16(4)19(26-31-13-25)14(2)11-24(8,30-9)12-15(3)20(27)17(5)22(29)32-18/h14-18,21,28H,10-13H2,1-9H3/b26-19+/t14-,15-,16?,17?,18-,21?,24-/m1/s1. The fourth-order valence-electron chi connectivity index (χ4n) is 5.01. The molecule has 0 radical (unpaired) electrons. The van der Waals surface area contributed by atoms with Crippen molar-refractivity contribution >= 4 is 17.5 Å². The van der Waals surface area contributed by atoms with Gasteiger partial charge in [-0.05, 0) is 33.1 Å². The third-order valence-electron chi connectivity index (χ3n) is 7.12. The maximum atomic E-state index is 13.0. The van der Waals surface area contributed by atoms with E-state index in [0.717, 1.165) is 0 Å². The van der Waals surface area contributed by atoms with Crippen LogP contribution in [0.25, 0.3) is 0 Å². The molecule has 1 saturated heterocycles. The molecule has 0 aromatic carbocycles. The van der Waals surface area contributed by atoms with Crippen molar-refractivity contribution in [3.63, 3.8) is 0 Å². The number of cyclic esters (lactones) is 1. The number of esters is 1. The van der Waals surface area contributed by atoms with Crippen molar-refractivity contribution in [2.24, 2.45) is 34.2 Å².